The van der Waals surface area contributed by atoms with Crippen molar-refractivity contribution >= 4 is 15.9 Å². The van der Waals surface area contributed by atoms with Gasteiger partial charge >= 0.3 is 0 Å². The van der Waals surface area contributed by atoms with E-state index in [1.54, 1.807) is 31.3 Å². The van der Waals surface area contributed by atoms with Crippen LogP contribution in [0.3, 0.4) is 0 Å². The largest absolute Gasteiger partial charge is 0.351 e. The molecule has 1 amide bonds. The van der Waals surface area contributed by atoms with Crippen molar-refractivity contribution < 1.29 is 13.2 Å². The van der Waals surface area contributed by atoms with E-state index in [9.17, 15) is 13.2 Å². The minimum Gasteiger partial charge on any atom is -0.351 e. The third-order valence-corrected chi connectivity index (χ3v) is 8.73. The fourth-order valence-corrected chi connectivity index (χ4v) is 6.18. The molecule has 0 aromatic heterocycles. The zero-order chi connectivity index (χ0) is 22.6. The molecule has 0 bridgehead atoms. The first-order chi connectivity index (χ1) is 15.4. The van der Waals surface area contributed by atoms with Gasteiger partial charge < -0.3 is 5.32 Å². The Morgan fingerprint density at radius 3 is 2.44 bits per heavy atom. The number of amides is 1. The molecule has 0 unspecified atom stereocenters. The van der Waals surface area contributed by atoms with E-state index in [2.05, 4.69) is 34.5 Å². The first kappa shape index (κ1) is 23.0. The maximum Gasteiger partial charge on any atom is 0.251 e. The standard InChI is InChI=1S/C25H33N3O3S/c1-27(23-9-3-2-4-10-23)32(30,31)24-13-11-21(12-14-24)25(29)26-16-18-28-17-15-20-7-5-6-8-22(20)19-28/h5-8,11-14,23H,2-4,9-10,15-19H2,1H3,(H,26,29). The molecule has 1 saturated carbocycles. The van der Waals surface area contributed by atoms with Crippen molar-refractivity contribution in [2.45, 2.75) is 56.0 Å². The number of benzene rings is 2. The molecule has 0 spiro atoms. The third-order valence-electron chi connectivity index (χ3n) is 6.81. The van der Waals surface area contributed by atoms with Gasteiger partial charge in [-0.1, -0.05) is 43.5 Å². The molecular formula is C25H33N3O3S. The fraction of sp³-hybridized carbons (Fsp3) is 0.480. The zero-order valence-electron chi connectivity index (χ0n) is 18.8. The third kappa shape index (κ3) is 5.22. The predicted octanol–water partition coefficient (Wildman–Crippen LogP) is 3.43. The molecule has 1 fully saturated rings. The van der Waals surface area contributed by atoms with Crippen molar-refractivity contribution in [2.24, 2.45) is 0 Å². The quantitative estimate of drug-likeness (QED) is 0.695. The molecular weight excluding hydrogens is 422 g/mol. The van der Waals surface area contributed by atoms with E-state index < -0.39 is 10.0 Å². The molecule has 2 aliphatic rings. The summed E-state index contributed by atoms with van der Waals surface area (Å²) in [5, 5.41) is 2.96. The highest BCUT2D eigenvalue weighted by Gasteiger charge is 2.29. The van der Waals surface area contributed by atoms with Crippen LogP contribution in [-0.2, 0) is 23.0 Å². The summed E-state index contributed by atoms with van der Waals surface area (Å²) in [5.74, 6) is -0.174. The van der Waals surface area contributed by atoms with Crippen molar-refractivity contribution in [1.29, 1.82) is 0 Å². The second-order valence-electron chi connectivity index (χ2n) is 8.89. The number of fused-ring (bicyclic) bond motifs is 1. The summed E-state index contributed by atoms with van der Waals surface area (Å²) in [7, 11) is -1.87. The lowest BCUT2D eigenvalue weighted by Crippen LogP contribution is -2.38. The first-order valence-corrected chi connectivity index (χ1v) is 13.0. The Kier molecular flexibility index (Phi) is 7.28. The summed E-state index contributed by atoms with van der Waals surface area (Å²) in [5.41, 5.74) is 3.25. The molecule has 2 aromatic rings. The van der Waals surface area contributed by atoms with E-state index in [1.807, 2.05) is 0 Å². The van der Waals surface area contributed by atoms with E-state index in [4.69, 9.17) is 0 Å². The van der Waals surface area contributed by atoms with Crippen LogP contribution in [0, 0.1) is 0 Å². The van der Waals surface area contributed by atoms with Gasteiger partial charge in [-0.15, -0.1) is 0 Å². The minimum atomic E-state index is -3.54. The molecule has 1 aliphatic carbocycles. The van der Waals surface area contributed by atoms with Gasteiger partial charge in [0.25, 0.3) is 5.91 Å². The number of carbonyl (C=O) groups is 1. The number of sulfonamides is 1. The lowest BCUT2D eigenvalue weighted by atomic mass is 9.96. The van der Waals surface area contributed by atoms with E-state index in [1.165, 1.54) is 21.9 Å². The summed E-state index contributed by atoms with van der Waals surface area (Å²) in [4.78, 5) is 15.1. The number of carbonyl (C=O) groups excluding carboxylic acids is 1. The van der Waals surface area contributed by atoms with Crippen molar-refractivity contribution in [3.05, 3.63) is 65.2 Å². The van der Waals surface area contributed by atoms with Crippen molar-refractivity contribution in [1.82, 2.24) is 14.5 Å². The average Bonchev–Trinajstić information content (AvgIpc) is 2.84. The second-order valence-corrected chi connectivity index (χ2v) is 10.9. The van der Waals surface area contributed by atoms with Gasteiger partial charge in [-0.2, -0.15) is 4.31 Å². The Bertz CT molecular complexity index is 1030. The Hall–Kier alpha value is -2.22. The van der Waals surface area contributed by atoms with Crippen molar-refractivity contribution in [2.75, 3.05) is 26.7 Å². The average molecular weight is 456 g/mol. The molecule has 1 heterocycles. The van der Waals surface area contributed by atoms with Gasteiger partial charge in [0.05, 0.1) is 4.90 Å². The van der Waals surface area contributed by atoms with Gasteiger partial charge in [0.15, 0.2) is 0 Å². The smallest absolute Gasteiger partial charge is 0.251 e. The van der Waals surface area contributed by atoms with Crippen LogP contribution in [0.15, 0.2) is 53.4 Å². The molecule has 0 radical (unpaired) electrons. The Labute approximate surface area is 191 Å². The molecule has 4 rings (SSSR count). The highest BCUT2D eigenvalue weighted by atomic mass is 32.2. The van der Waals surface area contributed by atoms with Gasteiger partial charge in [0, 0.05) is 44.8 Å². The number of nitrogens with zero attached hydrogens (tertiary/aromatic N) is 2. The number of rotatable bonds is 7. The van der Waals surface area contributed by atoms with Crippen LogP contribution < -0.4 is 5.32 Å². The molecule has 1 N–H and O–H groups in total. The lowest BCUT2D eigenvalue weighted by molar-refractivity contribution is 0.0947. The summed E-state index contributed by atoms with van der Waals surface area (Å²) in [6.07, 6.45) is 6.20. The zero-order valence-corrected chi connectivity index (χ0v) is 19.6. The van der Waals surface area contributed by atoms with Gasteiger partial charge in [-0.25, -0.2) is 8.42 Å². The lowest BCUT2D eigenvalue weighted by Gasteiger charge is -2.30. The minimum absolute atomic E-state index is 0.0680. The molecule has 0 saturated heterocycles. The topological polar surface area (TPSA) is 69.7 Å². The van der Waals surface area contributed by atoms with Crippen LogP contribution in [-0.4, -0.2) is 56.3 Å². The monoisotopic (exact) mass is 455 g/mol. The van der Waals surface area contributed by atoms with Crippen LogP contribution in [0.25, 0.3) is 0 Å². The van der Waals surface area contributed by atoms with E-state index in [0.717, 1.165) is 51.7 Å². The highest BCUT2D eigenvalue weighted by molar-refractivity contribution is 7.89. The number of hydrogen-bond donors (Lipinski definition) is 1. The van der Waals surface area contributed by atoms with Crippen molar-refractivity contribution in [3.8, 4) is 0 Å². The van der Waals surface area contributed by atoms with E-state index in [-0.39, 0.29) is 16.8 Å². The maximum atomic E-state index is 13.0. The molecule has 32 heavy (non-hydrogen) atoms. The maximum absolute atomic E-state index is 13.0. The van der Waals surface area contributed by atoms with Gasteiger partial charge in [-0.3, -0.25) is 9.69 Å². The van der Waals surface area contributed by atoms with Crippen LogP contribution in [0.2, 0.25) is 0 Å². The molecule has 7 heteroatoms. The molecule has 172 valence electrons. The Morgan fingerprint density at radius 2 is 1.72 bits per heavy atom. The van der Waals surface area contributed by atoms with E-state index in [0.29, 0.717) is 12.1 Å². The molecule has 2 aromatic carbocycles. The van der Waals surface area contributed by atoms with Crippen LogP contribution in [0.4, 0.5) is 0 Å². The summed E-state index contributed by atoms with van der Waals surface area (Å²) in [6, 6.07) is 14.9. The van der Waals surface area contributed by atoms with Gasteiger partial charge in [0.2, 0.25) is 10.0 Å². The van der Waals surface area contributed by atoms with Crippen LogP contribution in [0.1, 0.15) is 53.6 Å². The fourth-order valence-electron chi connectivity index (χ4n) is 4.76. The second kappa shape index (κ2) is 10.1. The van der Waals surface area contributed by atoms with Gasteiger partial charge in [-0.05, 0) is 54.7 Å². The number of hydrogen-bond acceptors (Lipinski definition) is 4. The van der Waals surface area contributed by atoms with E-state index >= 15 is 0 Å². The highest BCUT2D eigenvalue weighted by Crippen LogP contribution is 2.26. The summed E-state index contributed by atoms with van der Waals surface area (Å²) >= 11 is 0. The summed E-state index contributed by atoms with van der Waals surface area (Å²) < 4.78 is 27.4. The van der Waals surface area contributed by atoms with Crippen molar-refractivity contribution in [3.63, 3.8) is 0 Å². The Morgan fingerprint density at radius 1 is 1.03 bits per heavy atom. The number of nitrogens with one attached hydrogen (secondary N) is 1. The van der Waals surface area contributed by atoms with Gasteiger partial charge in [0.1, 0.15) is 0 Å². The summed E-state index contributed by atoms with van der Waals surface area (Å²) in [6.45, 7) is 3.26. The van der Waals surface area contributed by atoms with Crippen LogP contribution >= 0.6 is 0 Å². The molecule has 1 aliphatic heterocycles. The van der Waals surface area contributed by atoms with Crippen LogP contribution in [0.5, 0.6) is 0 Å². The predicted molar refractivity (Wildman–Crippen MR) is 126 cm³/mol. The first-order valence-electron chi connectivity index (χ1n) is 11.6. The normalized spacial score (nSPS) is 17.8. The SMILES string of the molecule is CN(C1CCCCC1)S(=O)(=O)c1ccc(C(=O)NCCN2CCc3ccccc3C2)cc1. The molecule has 6 nitrogen and oxygen atoms in total. The Balaban J connectivity index is 1.29. The molecule has 0 atom stereocenters.